The number of hydrogen-bond donors (Lipinski definition) is 0. The highest BCUT2D eigenvalue weighted by Crippen LogP contribution is 2.18. The van der Waals surface area contributed by atoms with Crippen LogP contribution in [0.2, 0.25) is 0 Å². The van der Waals surface area contributed by atoms with E-state index in [1.54, 1.807) is 23.1 Å². The SMILES string of the molecule is CCc1cccc(C#N)c1-n1ccnn1. The van der Waals surface area contributed by atoms with Crippen LogP contribution >= 0.6 is 0 Å². The zero-order chi connectivity index (χ0) is 10.7. The highest BCUT2D eigenvalue weighted by atomic mass is 15.4. The van der Waals surface area contributed by atoms with Crippen LogP contribution in [0.5, 0.6) is 0 Å². The van der Waals surface area contributed by atoms with Crippen LogP contribution in [0.4, 0.5) is 0 Å². The molecule has 0 atom stereocenters. The second kappa shape index (κ2) is 3.93. The molecule has 0 bridgehead atoms. The van der Waals surface area contributed by atoms with E-state index in [0.29, 0.717) is 5.56 Å². The van der Waals surface area contributed by atoms with Crippen LogP contribution in [-0.4, -0.2) is 15.0 Å². The van der Waals surface area contributed by atoms with Crippen LogP contribution < -0.4 is 0 Å². The van der Waals surface area contributed by atoms with Gasteiger partial charge >= 0.3 is 0 Å². The highest BCUT2D eigenvalue weighted by molar-refractivity contribution is 5.53. The van der Waals surface area contributed by atoms with Crippen LogP contribution in [0, 0.1) is 11.3 Å². The molecule has 0 aliphatic carbocycles. The second-order valence-corrected chi connectivity index (χ2v) is 3.13. The van der Waals surface area contributed by atoms with E-state index in [0.717, 1.165) is 17.7 Å². The third kappa shape index (κ3) is 1.59. The predicted octanol–water partition coefficient (Wildman–Crippen LogP) is 1.70. The number of para-hydroxylation sites is 1. The molecule has 15 heavy (non-hydrogen) atoms. The van der Waals surface area contributed by atoms with Crippen LogP contribution in [0.15, 0.2) is 30.6 Å². The first-order valence-electron chi connectivity index (χ1n) is 4.75. The van der Waals surface area contributed by atoms with E-state index in [1.165, 1.54) is 0 Å². The van der Waals surface area contributed by atoms with Crippen LogP contribution in [-0.2, 0) is 6.42 Å². The Kier molecular flexibility index (Phi) is 2.46. The molecule has 0 N–H and O–H groups in total. The van der Waals surface area contributed by atoms with Gasteiger partial charge in [0.25, 0.3) is 0 Å². The fourth-order valence-corrected chi connectivity index (χ4v) is 1.56. The van der Waals surface area contributed by atoms with Gasteiger partial charge in [0.1, 0.15) is 6.07 Å². The lowest BCUT2D eigenvalue weighted by Gasteiger charge is -2.08. The predicted molar refractivity (Wildman–Crippen MR) is 55.5 cm³/mol. The Morgan fingerprint density at radius 1 is 1.47 bits per heavy atom. The van der Waals surface area contributed by atoms with Crippen molar-refractivity contribution < 1.29 is 0 Å². The zero-order valence-corrected chi connectivity index (χ0v) is 8.38. The molecular weight excluding hydrogens is 188 g/mol. The maximum absolute atomic E-state index is 9.03. The van der Waals surface area contributed by atoms with Crippen molar-refractivity contribution in [1.82, 2.24) is 15.0 Å². The number of aryl methyl sites for hydroxylation is 1. The van der Waals surface area contributed by atoms with Crippen LogP contribution in [0.25, 0.3) is 5.69 Å². The van der Waals surface area contributed by atoms with Crippen molar-refractivity contribution in [3.8, 4) is 11.8 Å². The van der Waals surface area contributed by atoms with E-state index < -0.39 is 0 Å². The van der Waals surface area contributed by atoms with Crippen molar-refractivity contribution in [3.05, 3.63) is 41.7 Å². The average Bonchev–Trinajstić information content (AvgIpc) is 2.81. The summed E-state index contributed by atoms with van der Waals surface area (Å²) in [6.45, 7) is 2.05. The molecule has 1 aromatic heterocycles. The molecule has 0 saturated carbocycles. The molecule has 0 amide bonds. The van der Waals surface area contributed by atoms with Gasteiger partial charge in [-0.2, -0.15) is 5.26 Å². The van der Waals surface area contributed by atoms with E-state index >= 15 is 0 Å². The number of rotatable bonds is 2. The van der Waals surface area contributed by atoms with Gasteiger partial charge in [0.15, 0.2) is 0 Å². The van der Waals surface area contributed by atoms with Crippen molar-refractivity contribution >= 4 is 0 Å². The van der Waals surface area contributed by atoms with Crippen LogP contribution in [0.1, 0.15) is 18.1 Å². The molecule has 1 aromatic carbocycles. The van der Waals surface area contributed by atoms with Gasteiger partial charge in [-0.3, -0.25) is 0 Å². The summed E-state index contributed by atoms with van der Waals surface area (Å²) in [6, 6.07) is 7.84. The second-order valence-electron chi connectivity index (χ2n) is 3.13. The average molecular weight is 198 g/mol. The molecule has 0 aliphatic heterocycles. The smallest absolute Gasteiger partial charge is 0.101 e. The number of aromatic nitrogens is 3. The third-order valence-electron chi connectivity index (χ3n) is 2.27. The molecule has 0 unspecified atom stereocenters. The van der Waals surface area contributed by atoms with Gasteiger partial charge in [-0.15, -0.1) is 5.10 Å². The molecule has 1 heterocycles. The Morgan fingerprint density at radius 2 is 2.33 bits per heavy atom. The Bertz CT molecular complexity index is 494. The summed E-state index contributed by atoms with van der Waals surface area (Å²) in [5.74, 6) is 0. The minimum atomic E-state index is 0.625. The van der Waals surface area contributed by atoms with Gasteiger partial charge in [-0.1, -0.05) is 24.3 Å². The molecule has 2 aromatic rings. The van der Waals surface area contributed by atoms with Gasteiger partial charge in [0.2, 0.25) is 0 Å². The van der Waals surface area contributed by atoms with E-state index in [2.05, 4.69) is 23.3 Å². The third-order valence-corrected chi connectivity index (χ3v) is 2.27. The standard InChI is InChI=1S/C11H10N4/c1-2-9-4-3-5-10(8-12)11(9)15-7-6-13-14-15/h3-7H,2H2,1H3. The minimum Gasteiger partial charge on any atom is -0.219 e. The summed E-state index contributed by atoms with van der Waals surface area (Å²) in [5.41, 5.74) is 2.56. The molecule has 0 fully saturated rings. The van der Waals surface area contributed by atoms with Gasteiger partial charge in [-0.25, -0.2) is 4.68 Å². The monoisotopic (exact) mass is 198 g/mol. The summed E-state index contributed by atoms with van der Waals surface area (Å²) in [5, 5.41) is 16.7. The Labute approximate surface area is 87.8 Å². The fourth-order valence-electron chi connectivity index (χ4n) is 1.56. The Balaban J connectivity index is 2.67. The lowest BCUT2D eigenvalue weighted by Crippen LogP contribution is -2.03. The Morgan fingerprint density at radius 3 is 2.93 bits per heavy atom. The van der Waals surface area contributed by atoms with Crippen molar-refractivity contribution in [2.24, 2.45) is 0 Å². The fraction of sp³-hybridized carbons (Fsp3) is 0.182. The van der Waals surface area contributed by atoms with Crippen LogP contribution in [0.3, 0.4) is 0 Å². The lowest BCUT2D eigenvalue weighted by molar-refractivity contribution is 0.791. The van der Waals surface area contributed by atoms with Crippen molar-refractivity contribution in [1.29, 1.82) is 5.26 Å². The van der Waals surface area contributed by atoms with Gasteiger partial charge in [-0.05, 0) is 18.1 Å². The largest absolute Gasteiger partial charge is 0.219 e. The van der Waals surface area contributed by atoms with Crippen molar-refractivity contribution in [2.45, 2.75) is 13.3 Å². The first-order chi connectivity index (χ1) is 7.36. The summed E-state index contributed by atoms with van der Waals surface area (Å²) in [6.07, 6.45) is 4.22. The summed E-state index contributed by atoms with van der Waals surface area (Å²) < 4.78 is 1.64. The summed E-state index contributed by atoms with van der Waals surface area (Å²) in [4.78, 5) is 0. The lowest BCUT2D eigenvalue weighted by atomic mass is 10.1. The number of nitriles is 1. The maximum atomic E-state index is 9.03. The number of nitrogens with zero attached hydrogens (tertiary/aromatic N) is 4. The number of hydrogen-bond acceptors (Lipinski definition) is 3. The molecule has 4 nitrogen and oxygen atoms in total. The van der Waals surface area contributed by atoms with Crippen molar-refractivity contribution in [3.63, 3.8) is 0 Å². The first-order valence-corrected chi connectivity index (χ1v) is 4.75. The molecule has 0 saturated heterocycles. The van der Waals surface area contributed by atoms with E-state index in [-0.39, 0.29) is 0 Å². The van der Waals surface area contributed by atoms with Gasteiger partial charge in [0.05, 0.1) is 23.6 Å². The topological polar surface area (TPSA) is 54.5 Å². The minimum absolute atomic E-state index is 0.625. The van der Waals surface area contributed by atoms with E-state index in [9.17, 15) is 0 Å². The molecule has 74 valence electrons. The molecule has 2 rings (SSSR count). The molecule has 4 heteroatoms. The summed E-state index contributed by atoms with van der Waals surface area (Å²) >= 11 is 0. The Hall–Kier alpha value is -2.15. The zero-order valence-electron chi connectivity index (χ0n) is 8.38. The van der Waals surface area contributed by atoms with Gasteiger partial charge in [0, 0.05) is 0 Å². The summed E-state index contributed by atoms with van der Waals surface area (Å²) in [7, 11) is 0. The normalized spacial score (nSPS) is 9.87. The van der Waals surface area contributed by atoms with E-state index in [4.69, 9.17) is 5.26 Å². The van der Waals surface area contributed by atoms with Gasteiger partial charge < -0.3 is 0 Å². The maximum Gasteiger partial charge on any atom is 0.101 e. The molecule has 0 spiro atoms. The molecular formula is C11H10N4. The quantitative estimate of drug-likeness (QED) is 0.738. The highest BCUT2D eigenvalue weighted by Gasteiger charge is 2.09. The molecule has 0 radical (unpaired) electrons. The number of benzene rings is 1. The molecule has 0 aliphatic rings. The van der Waals surface area contributed by atoms with Crippen molar-refractivity contribution in [2.75, 3.05) is 0 Å². The first kappa shape index (κ1) is 9.41. The van der Waals surface area contributed by atoms with E-state index in [1.807, 2.05) is 12.1 Å².